The van der Waals surface area contributed by atoms with Crippen molar-refractivity contribution in [1.82, 2.24) is 0 Å². The Hall–Kier alpha value is -7.56. The number of anilines is 8. The molecular weight excluding hydrogens is 906 g/mol. The zero-order valence-electron chi connectivity index (χ0n) is 45.1. The molecule has 13 rings (SSSR count). The van der Waals surface area contributed by atoms with Gasteiger partial charge in [-0.15, -0.1) is 0 Å². The van der Waals surface area contributed by atoms with Crippen molar-refractivity contribution < 1.29 is 0 Å². The zero-order chi connectivity index (χ0) is 51.4. The molecule has 370 valence electrons. The quantitative estimate of drug-likeness (QED) is 0.145. The predicted molar refractivity (Wildman–Crippen MR) is 321 cm³/mol. The highest BCUT2D eigenvalue weighted by atomic mass is 15.2. The Balaban J connectivity index is 1.11. The molecule has 0 amide bonds. The molecule has 1 N–H and O–H groups in total. The van der Waals surface area contributed by atoms with Crippen molar-refractivity contribution >= 4 is 63.7 Å². The van der Waals surface area contributed by atoms with E-state index in [1.165, 1.54) is 97.1 Å². The van der Waals surface area contributed by atoms with E-state index in [9.17, 15) is 0 Å². The number of para-hydroxylation sites is 4. The fraction of sp³-hybridized carbons (Fsp3) is 0.239. The highest BCUT2D eigenvalue weighted by Gasteiger charge is 2.45. The van der Waals surface area contributed by atoms with Gasteiger partial charge in [-0.2, -0.15) is 0 Å². The maximum Gasteiger partial charge on any atom is 0.193 e. The van der Waals surface area contributed by atoms with Crippen LogP contribution in [0.15, 0.2) is 200 Å². The van der Waals surface area contributed by atoms with Crippen molar-refractivity contribution in [3.63, 3.8) is 0 Å². The van der Waals surface area contributed by atoms with Gasteiger partial charge in [0.05, 0.1) is 5.69 Å². The standard InChI is InChI=1S/C71H68BN3/c1-68(2)37-38-69(3,4)58-41-46(33-36-57(58)68)73-62-42-51(74(47-23-13-9-14-24-47)48-25-15-10-16-26-48)34-35-52(62)55-44-63(75(49-27-17-11-18-28-49)50-29-19-12-20-30-50)65-54-32-22-21-31-53(54)64-56-43-59-60(45-61(56)72-67(55)66(64)65)71(7,8)40-39-70(59,5)6/h9-36,41-45,64,72-73H,37-40H2,1-8H3. The molecule has 0 radical (unpaired) electrons. The SMILES string of the molecule is CC1(C)CCC(C)(C)c2cc(Nc3cc(N(c4ccccc4)c4ccccc4)ccc3-c3cc(N(c4ccccc4)c4ccccc4)c4c5c3Bc3cc6c(cc3C5c3ccccc3-4)C(C)(C)CCC6(C)C)ccc21. The molecule has 9 aromatic rings. The molecule has 3 aliphatic carbocycles. The highest BCUT2D eigenvalue weighted by Crippen LogP contribution is 2.57. The number of benzene rings is 9. The molecule has 0 saturated carbocycles. The smallest absolute Gasteiger partial charge is 0.193 e. The van der Waals surface area contributed by atoms with Crippen LogP contribution in [0.25, 0.3) is 22.3 Å². The summed E-state index contributed by atoms with van der Waals surface area (Å²) in [6, 6.07) is 75.3. The summed E-state index contributed by atoms with van der Waals surface area (Å²) in [7, 11) is 0.849. The van der Waals surface area contributed by atoms with Crippen LogP contribution in [0.5, 0.6) is 0 Å². The lowest BCUT2D eigenvalue weighted by Gasteiger charge is -2.43. The average molecular weight is 974 g/mol. The predicted octanol–water partition coefficient (Wildman–Crippen LogP) is 17.6. The van der Waals surface area contributed by atoms with E-state index in [1.807, 2.05) is 0 Å². The van der Waals surface area contributed by atoms with Crippen LogP contribution < -0.4 is 26.0 Å². The molecule has 1 atom stereocenters. The van der Waals surface area contributed by atoms with Crippen LogP contribution in [0.3, 0.4) is 0 Å². The minimum atomic E-state index is 0.0579. The first-order valence-electron chi connectivity index (χ1n) is 27.5. The van der Waals surface area contributed by atoms with Gasteiger partial charge in [-0.25, -0.2) is 0 Å². The van der Waals surface area contributed by atoms with Crippen LogP contribution in [-0.2, 0) is 21.7 Å². The van der Waals surface area contributed by atoms with E-state index in [0.717, 1.165) is 53.5 Å². The lowest BCUT2D eigenvalue weighted by Crippen LogP contribution is -2.43. The summed E-state index contributed by atoms with van der Waals surface area (Å²) >= 11 is 0. The molecule has 4 aliphatic rings. The van der Waals surface area contributed by atoms with Gasteiger partial charge < -0.3 is 15.1 Å². The Labute approximate surface area is 446 Å². The van der Waals surface area contributed by atoms with Gasteiger partial charge >= 0.3 is 0 Å². The molecule has 3 nitrogen and oxygen atoms in total. The summed E-state index contributed by atoms with van der Waals surface area (Å²) in [5.74, 6) is 0.0850. The minimum Gasteiger partial charge on any atom is -0.355 e. The second-order valence-electron chi connectivity index (χ2n) is 24.7. The second-order valence-corrected chi connectivity index (χ2v) is 24.7. The molecule has 9 aromatic carbocycles. The maximum absolute atomic E-state index is 4.20. The first kappa shape index (κ1) is 47.2. The normalized spacial score (nSPS) is 17.5. The van der Waals surface area contributed by atoms with Gasteiger partial charge in [0, 0.05) is 56.9 Å². The van der Waals surface area contributed by atoms with Gasteiger partial charge in [0.25, 0.3) is 0 Å². The number of rotatable bonds is 9. The van der Waals surface area contributed by atoms with Gasteiger partial charge in [-0.3, -0.25) is 0 Å². The molecule has 1 unspecified atom stereocenters. The van der Waals surface area contributed by atoms with Crippen LogP contribution in [-0.4, -0.2) is 7.28 Å². The van der Waals surface area contributed by atoms with Crippen molar-refractivity contribution in [1.29, 1.82) is 0 Å². The third kappa shape index (κ3) is 7.85. The van der Waals surface area contributed by atoms with E-state index >= 15 is 0 Å². The van der Waals surface area contributed by atoms with Crippen molar-refractivity contribution in [3.05, 3.63) is 239 Å². The van der Waals surface area contributed by atoms with E-state index in [2.05, 4.69) is 271 Å². The van der Waals surface area contributed by atoms with Crippen LogP contribution in [0.4, 0.5) is 45.5 Å². The fourth-order valence-electron chi connectivity index (χ4n) is 13.7. The molecule has 4 heteroatoms. The van der Waals surface area contributed by atoms with E-state index < -0.39 is 0 Å². The van der Waals surface area contributed by atoms with Crippen molar-refractivity contribution in [2.75, 3.05) is 15.1 Å². The summed E-state index contributed by atoms with van der Waals surface area (Å²) < 4.78 is 0. The van der Waals surface area contributed by atoms with Crippen molar-refractivity contribution in [2.45, 2.75) is 109 Å². The Bertz CT molecular complexity index is 3590. The fourth-order valence-corrected chi connectivity index (χ4v) is 13.7. The summed E-state index contributed by atoms with van der Waals surface area (Å²) in [6.07, 6.45) is 4.70. The molecule has 75 heavy (non-hydrogen) atoms. The largest absolute Gasteiger partial charge is 0.355 e. The lowest BCUT2D eigenvalue weighted by atomic mass is 9.50. The summed E-state index contributed by atoms with van der Waals surface area (Å²) in [4.78, 5) is 4.92. The highest BCUT2D eigenvalue weighted by molar-refractivity contribution is 6.71. The number of hydrogen-bond donors (Lipinski definition) is 1. The van der Waals surface area contributed by atoms with Gasteiger partial charge in [0.1, 0.15) is 0 Å². The van der Waals surface area contributed by atoms with E-state index in [1.54, 1.807) is 0 Å². The number of hydrogen-bond acceptors (Lipinski definition) is 3. The number of nitrogens with zero attached hydrogens (tertiary/aromatic N) is 2. The van der Waals surface area contributed by atoms with Gasteiger partial charge in [0.2, 0.25) is 0 Å². The zero-order valence-corrected chi connectivity index (χ0v) is 45.1. The molecule has 0 fully saturated rings. The maximum atomic E-state index is 4.20. The Kier molecular flexibility index (Phi) is 11.0. The van der Waals surface area contributed by atoms with Gasteiger partial charge in [-0.1, -0.05) is 188 Å². The second kappa shape index (κ2) is 17.5. The summed E-state index contributed by atoms with van der Waals surface area (Å²) in [6.45, 7) is 19.6. The molecule has 1 heterocycles. The molecule has 0 saturated heterocycles. The van der Waals surface area contributed by atoms with E-state index in [-0.39, 0.29) is 27.6 Å². The lowest BCUT2D eigenvalue weighted by molar-refractivity contribution is 0.332. The van der Waals surface area contributed by atoms with Crippen LogP contribution in [0.2, 0.25) is 0 Å². The topological polar surface area (TPSA) is 18.5 Å². The third-order valence-corrected chi connectivity index (χ3v) is 18.1. The Morgan fingerprint density at radius 1 is 0.400 bits per heavy atom. The third-order valence-electron chi connectivity index (χ3n) is 18.1. The first-order valence-corrected chi connectivity index (χ1v) is 27.5. The van der Waals surface area contributed by atoms with Crippen LogP contribution in [0.1, 0.15) is 126 Å². The minimum absolute atomic E-state index is 0.0579. The summed E-state index contributed by atoms with van der Waals surface area (Å²) in [5.41, 5.74) is 27.6. The van der Waals surface area contributed by atoms with Crippen LogP contribution in [0, 0.1) is 0 Å². The van der Waals surface area contributed by atoms with Gasteiger partial charge in [-0.05, 0) is 176 Å². The number of fused-ring (bicyclic) bond motifs is 7. The Morgan fingerprint density at radius 3 is 1.47 bits per heavy atom. The van der Waals surface area contributed by atoms with E-state index in [4.69, 9.17) is 0 Å². The Morgan fingerprint density at radius 2 is 0.893 bits per heavy atom. The monoisotopic (exact) mass is 974 g/mol. The number of nitrogens with one attached hydrogen (secondary N) is 1. The van der Waals surface area contributed by atoms with Gasteiger partial charge in [0.15, 0.2) is 7.28 Å². The van der Waals surface area contributed by atoms with Crippen molar-refractivity contribution in [3.8, 4) is 22.3 Å². The summed E-state index contributed by atoms with van der Waals surface area (Å²) in [5, 5.41) is 4.20. The van der Waals surface area contributed by atoms with Crippen molar-refractivity contribution in [2.24, 2.45) is 0 Å². The molecule has 0 bridgehead atoms. The average Bonchev–Trinajstić information content (AvgIpc) is 3.82. The molecular formula is C71H68BN3. The van der Waals surface area contributed by atoms with E-state index in [0.29, 0.717) is 0 Å². The van der Waals surface area contributed by atoms with Crippen LogP contribution >= 0.6 is 0 Å². The molecule has 0 spiro atoms. The molecule has 1 aliphatic heterocycles. The molecule has 0 aromatic heterocycles. The first-order chi connectivity index (χ1) is 36.2.